The summed E-state index contributed by atoms with van der Waals surface area (Å²) in [6.45, 7) is 0.526. The number of imidazole rings is 1. The maximum absolute atomic E-state index is 5.93. The molecule has 0 unspecified atom stereocenters. The summed E-state index contributed by atoms with van der Waals surface area (Å²) >= 11 is 1.35. The largest absolute Gasteiger partial charge is 0.379 e. The summed E-state index contributed by atoms with van der Waals surface area (Å²) < 4.78 is 6.82. The summed E-state index contributed by atoms with van der Waals surface area (Å²) in [6.07, 6.45) is 0. The topological polar surface area (TPSA) is 135 Å². The van der Waals surface area contributed by atoms with E-state index in [1.807, 2.05) is 53.1 Å². The smallest absolute Gasteiger partial charge is 0.203 e. The molecule has 0 aliphatic rings. The van der Waals surface area contributed by atoms with Gasteiger partial charge in [0.2, 0.25) is 5.13 Å². The molecule has 0 fully saturated rings. The third-order valence-corrected chi connectivity index (χ3v) is 5.18. The van der Waals surface area contributed by atoms with E-state index in [1.165, 1.54) is 11.3 Å². The number of aromatic nitrogens is 6. The van der Waals surface area contributed by atoms with E-state index in [-0.39, 0.29) is 5.82 Å². The van der Waals surface area contributed by atoms with Crippen LogP contribution in [0, 0.1) is 0 Å². The van der Waals surface area contributed by atoms with Crippen LogP contribution in [-0.4, -0.2) is 30.1 Å². The average Bonchev–Trinajstić information content (AvgIpc) is 3.41. The normalized spacial score (nSPS) is 11.3. The summed E-state index contributed by atoms with van der Waals surface area (Å²) in [4.78, 5) is 4.69. The molecular weight excluding hydrogens is 376 g/mol. The lowest BCUT2D eigenvalue weighted by Crippen LogP contribution is -2.05. The lowest BCUT2D eigenvalue weighted by molar-refractivity contribution is 0.310. The van der Waals surface area contributed by atoms with Crippen LogP contribution in [0.4, 0.5) is 10.9 Å². The minimum Gasteiger partial charge on any atom is -0.379 e. The van der Waals surface area contributed by atoms with Gasteiger partial charge in [-0.05, 0) is 28.0 Å². The summed E-state index contributed by atoms with van der Waals surface area (Å²) in [7, 11) is 0. The van der Waals surface area contributed by atoms with E-state index in [4.69, 9.17) is 21.1 Å². The Morgan fingerprint density at radius 1 is 0.964 bits per heavy atom. The van der Waals surface area contributed by atoms with Gasteiger partial charge in [0, 0.05) is 5.56 Å². The Morgan fingerprint density at radius 2 is 1.79 bits per heavy atom. The molecule has 5 aromatic rings. The Morgan fingerprint density at radius 3 is 2.57 bits per heavy atom. The van der Waals surface area contributed by atoms with Crippen LogP contribution < -0.4 is 11.5 Å². The number of anilines is 2. The fourth-order valence-electron chi connectivity index (χ4n) is 3.15. The van der Waals surface area contributed by atoms with Crippen molar-refractivity contribution in [2.75, 3.05) is 11.5 Å². The van der Waals surface area contributed by atoms with E-state index in [0.29, 0.717) is 23.2 Å². The fourth-order valence-corrected chi connectivity index (χ4v) is 3.82. The highest BCUT2D eigenvalue weighted by Crippen LogP contribution is 2.31. The van der Waals surface area contributed by atoms with Crippen LogP contribution in [0.25, 0.3) is 33.1 Å². The van der Waals surface area contributed by atoms with Crippen LogP contribution in [0.3, 0.4) is 0 Å². The molecule has 0 amide bonds. The van der Waals surface area contributed by atoms with Crippen molar-refractivity contribution in [2.24, 2.45) is 0 Å². The quantitative estimate of drug-likeness (QED) is 0.478. The highest BCUT2D eigenvalue weighted by atomic mass is 32.1. The molecule has 0 aliphatic heterocycles. The molecule has 0 saturated heterocycles. The van der Waals surface area contributed by atoms with Crippen molar-refractivity contribution in [2.45, 2.75) is 6.54 Å². The van der Waals surface area contributed by atoms with E-state index in [1.54, 1.807) is 0 Å². The Balaban J connectivity index is 1.68. The van der Waals surface area contributed by atoms with Crippen molar-refractivity contribution in [3.05, 3.63) is 54.1 Å². The molecule has 9 nitrogen and oxygen atoms in total. The molecule has 0 atom stereocenters. The molecule has 0 aliphatic carbocycles. The van der Waals surface area contributed by atoms with Gasteiger partial charge in [0.1, 0.15) is 5.01 Å². The van der Waals surface area contributed by atoms with Gasteiger partial charge in [-0.1, -0.05) is 47.7 Å². The molecule has 4 N–H and O–H groups in total. The lowest BCUT2D eigenvalue weighted by atomic mass is 10.1. The minimum atomic E-state index is 0.196. The van der Waals surface area contributed by atoms with Gasteiger partial charge in [-0.25, -0.2) is 9.61 Å². The number of hydrogen-bond acceptors (Lipinski definition) is 9. The second-order valence-corrected chi connectivity index (χ2v) is 7.12. The molecule has 5 rings (SSSR count). The van der Waals surface area contributed by atoms with Gasteiger partial charge in [0.25, 0.3) is 0 Å². The molecule has 10 heteroatoms. The van der Waals surface area contributed by atoms with Crippen molar-refractivity contribution in [3.8, 4) is 22.1 Å². The number of hydrogen-bond donors (Lipinski definition) is 2. The van der Waals surface area contributed by atoms with Crippen molar-refractivity contribution in [3.63, 3.8) is 0 Å². The van der Waals surface area contributed by atoms with Crippen molar-refractivity contribution < 1.29 is 4.63 Å². The molecule has 3 heterocycles. The second kappa shape index (κ2) is 6.43. The molecule has 2 aromatic carbocycles. The first-order chi connectivity index (χ1) is 13.7. The third kappa shape index (κ3) is 2.67. The Bertz CT molecular complexity index is 1290. The van der Waals surface area contributed by atoms with E-state index < -0.39 is 0 Å². The summed E-state index contributed by atoms with van der Waals surface area (Å²) in [5.41, 5.74) is 15.9. The standard InChI is InChI=1S/C18H14N8OS/c19-15-14(24-27-25-15)16-21-12-7-3-4-8-13(12)26(16)9-10-5-1-2-6-11(10)17-22-23-18(20)28-17/h1-8H,9H2,(H2,19,25)(H2,20,23). The molecule has 3 aromatic heterocycles. The van der Waals surface area contributed by atoms with Gasteiger partial charge in [0.05, 0.1) is 17.6 Å². The van der Waals surface area contributed by atoms with E-state index >= 15 is 0 Å². The number of nitrogens with two attached hydrogens (primary N) is 2. The van der Waals surface area contributed by atoms with E-state index in [9.17, 15) is 0 Å². The predicted molar refractivity (Wildman–Crippen MR) is 106 cm³/mol. The van der Waals surface area contributed by atoms with Crippen LogP contribution in [0.1, 0.15) is 5.56 Å². The Labute approximate surface area is 162 Å². The van der Waals surface area contributed by atoms with Crippen molar-refractivity contribution in [1.82, 2.24) is 30.1 Å². The lowest BCUT2D eigenvalue weighted by Gasteiger charge is -2.11. The zero-order valence-electron chi connectivity index (χ0n) is 14.5. The number of para-hydroxylation sites is 2. The van der Waals surface area contributed by atoms with Gasteiger partial charge >= 0.3 is 0 Å². The molecular formula is C18H14N8OS. The number of nitrogens with zero attached hydrogens (tertiary/aromatic N) is 6. The van der Waals surface area contributed by atoms with Crippen LogP contribution in [0.2, 0.25) is 0 Å². The second-order valence-electron chi connectivity index (χ2n) is 6.11. The summed E-state index contributed by atoms with van der Waals surface area (Å²) in [6, 6.07) is 15.8. The molecule has 0 radical (unpaired) electrons. The van der Waals surface area contributed by atoms with Gasteiger partial charge in [-0.3, -0.25) is 0 Å². The van der Waals surface area contributed by atoms with Crippen LogP contribution >= 0.6 is 11.3 Å². The van der Waals surface area contributed by atoms with Crippen molar-refractivity contribution >= 4 is 33.3 Å². The summed E-state index contributed by atoms with van der Waals surface area (Å²) in [5.74, 6) is 0.785. The van der Waals surface area contributed by atoms with Gasteiger partial charge in [-0.15, -0.1) is 10.2 Å². The first-order valence-corrected chi connectivity index (χ1v) is 9.23. The van der Waals surface area contributed by atoms with Crippen LogP contribution in [0.15, 0.2) is 53.2 Å². The Kier molecular flexibility index (Phi) is 3.76. The van der Waals surface area contributed by atoms with Crippen molar-refractivity contribution in [1.29, 1.82) is 0 Å². The van der Waals surface area contributed by atoms with Crippen LogP contribution in [-0.2, 0) is 6.54 Å². The monoisotopic (exact) mass is 390 g/mol. The number of fused-ring (bicyclic) bond motifs is 1. The molecule has 0 spiro atoms. The SMILES string of the molecule is Nc1nnc(-c2ccccc2Cn2c(-c3nonc3N)nc3ccccc32)s1. The maximum Gasteiger partial charge on any atom is 0.203 e. The zero-order chi connectivity index (χ0) is 19.1. The van der Waals surface area contributed by atoms with Gasteiger partial charge in [-0.2, -0.15) is 0 Å². The molecule has 0 saturated carbocycles. The minimum absolute atomic E-state index is 0.196. The van der Waals surface area contributed by atoms with Crippen LogP contribution in [0.5, 0.6) is 0 Å². The first-order valence-electron chi connectivity index (χ1n) is 8.41. The number of nitrogen functional groups attached to an aromatic ring is 2. The van der Waals surface area contributed by atoms with E-state index in [0.717, 1.165) is 27.2 Å². The fraction of sp³-hybridized carbons (Fsp3) is 0.0556. The maximum atomic E-state index is 5.93. The zero-order valence-corrected chi connectivity index (χ0v) is 15.3. The highest BCUT2D eigenvalue weighted by Gasteiger charge is 2.20. The molecule has 138 valence electrons. The first kappa shape index (κ1) is 16.4. The predicted octanol–water partition coefficient (Wildman–Crippen LogP) is 2.82. The number of rotatable bonds is 4. The summed E-state index contributed by atoms with van der Waals surface area (Å²) in [5, 5.41) is 16.9. The third-order valence-electron chi connectivity index (χ3n) is 4.40. The number of benzene rings is 2. The molecule has 0 bridgehead atoms. The average molecular weight is 390 g/mol. The molecule has 28 heavy (non-hydrogen) atoms. The van der Waals surface area contributed by atoms with E-state index in [2.05, 4.69) is 20.5 Å². The highest BCUT2D eigenvalue weighted by molar-refractivity contribution is 7.18. The van der Waals surface area contributed by atoms with Gasteiger partial charge in [0.15, 0.2) is 17.3 Å². The Hall–Kier alpha value is -3.79. The van der Waals surface area contributed by atoms with Gasteiger partial charge < -0.3 is 16.0 Å².